The third-order valence-corrected chi connectivity index (χ3v) is 3.68. The van der Waals surface area contributed by atoms with Crippen LogP contribution in [-0.4, -0.2) is 18.3 Å². The van der Waals surface area contributed by atoms with Crippen molar-refractivity contribution in [2.75, 3.05) is 13.2 Å². The molecular weight excluding hydrogens is 279 g/mol. The Bertz CT molecular complexity index is 627. The number of rotatable bonds is 5. The zero-order valence-corrected chi connectivity index (χ0v) is 11.3. The van der Waals surface area contributed by atoms with Gasteiger partial charge in [-0.25, -0.2) is 13.2 Å². The summed E-state index contributed by atoms with van der Waals surface area (Å²) in [6, 6.07) is 8.92. The molecule has 2 nitrogen and oxygen atoms in total. The van der Waals surface area contributed by atoms with E-state index < -0.39 is 29.5 Å². The quantitative estimate of drug-likeness (QED) is 0.890. The predicted octanol–water partition coefficient (Wildman–Crippen LogP) is 2.54. The van der Waals surface area contributed by atoms with Crippen LogP contribution < -0.4 is 5.73 Å². The van der Waals surface area contributed by atoms with Gasteiger partial charge in [0.15, 0.2) is 0 Å². The van der Waals surface area contributed by atoms with E-state index in [9.17, 15) is 18.3 Å². The second-order valence-electron chi connectivity index (χ2n) is 5.03. The van der Waals surface area contributed by atoms with E-state index >= 15 is 0 Å². The first-order valence-electron chi connectivity index (χ1n) is 6.52. The Morgan fingerprint density at radius 2 is 1.71 bits per heavy atom. The molecule has 0 aromatic heterocycles. The van der Waals surface area contributed by atoms with E-state index in [1.807, 2.05) is 0 Å². The Labute approximate surface area is 121 Å². The van der Waals surface area contributed by atoms with Crippen LogP contribution >= 0.6 is 0 Å². The zero-order valence-electron chi connectivity index (χ0n) is 11.3. The van der Waals surface area contributed by atoms with Gasteiger partial charge in [0.05, 0.1) is 6.61 Å². The summed E-state index contributed by atoms with van der Waals surface area (Å²) < 4.78 is 41.1. The topological polar surface area (TPSA) is 46.2 Å². The summed E-state index contributed by atoms with van der Waals surface area (Å²) in [5, 5.41) is 9.71. The summed E-state index contributed by atoms with van der Waals surface area (Å²) >= 11 is 0. The first-order chi connectivity index (χ1) is 10.0. The highest BCUT2D eigenvalue weighted by molar-refractivity contribution is 5.32. The van der Waals surface area contributed by atoms with Gasteiger partial charge in [-0.1, -0.05) is 18.2 Å². The van der Waals surface area contributed by atoms with E-state index in [4.69, 9.17) is 5.73 Å². The average molecular weight is 295 g/mol. The van der Waals surface area contributed by atoms with Crippen LogP contribution in [0.15, 0.2) is 42.5 Å². The summed E-state index contributed by atoms with van der Waals surface area (Å²) in [6.07, 6.45) is -0.0927. The monoisotopic (exact) mass is 295 g/mol. The minimum absolute atomic E-state index is 0.0535. The van der Waals surface area contributed by atoms with Gasteiger partial charge in [0.1, 0.15) is 17.5 Å². The van der Waals surface area contributed by atoms with Crippen molar-refractivity contribution in [3.63, 3.8) is 0 Å². The zero-order chi connectivity index (χ0) is 15.5. The molecule has 0 bridgehead atoms. The Balaban J connectivity index is 2.48. The minimum atomic E-state index is -1.19. The molecular formula is C16H16F3NO. The van der Waals surface area contributed by atoms with Gasteiger partial charge in [-0.3, -0.25) is 0 Å². The maximum absolute atomic E-state index is 14.0. The second kappa shape index (κ2) is 6.28. The molecule has 0 saturated heterocycles. The maximum atomic E-state index is 14.0. The Morgan fingerprint density at radius 1 is 1.00 bits per heavy atom. The molecule has 0 amide bonds. The molecule has 0 saturated carbocycles. The molecule has 0 aliphatic carbocycles. The summed E-state index contributed by atoms with van der Waals surface area (Å²) in [7, 11) is 0. The van der Waals surface area contributed by atoms with Crippen molar-refractivity contribution in [3.05, 3.63) is 71.0 Å². The van der Waals surface area contributed by atoms with E-state index in [1.54, 1.807) is 6.07 Å². The Hall–Kier alpha value is -1.85. The maximum Gasteiger partial charge on any atom is 0.127 e. The number of hydrogen-bond acceptors (Lipinski definition) is 2. The fourth-order valence-electron chi connectivity index (χ4n) is 2.42. The molecule has 2 aromatic rings. The van der Waals surface area contributed by atoms with Crippen molar-refractivity contribution in [1.82, 2.24) is 0 Å². The first-order valence-corrected chi connectivity index (χ1v) is 6.52. The fourth-order valence-corrected chi connectivity index (χ4v) is 2.42. The minimum Gasteiger partial charge on any atom is -0.395 e. The molecule has 2 rings (SSSR count). The molecule has 0 spiro atoms. The van der Waals surface area contributed by atoms with E-state index in [1.165, 1.54) is 18.2 Å². The van der Waals surface area contributed by atoms with E-state index in [0.717, 1.165) is 18.2 Å². The molecule has 1 unspecified atom stereocenters. The second-order valence-corrected chi connectivity index (χ2v) is 5.03. The largest absolute Gasteiger partial charge is 0.395 e. The molecule has 0 radical (unpaired) electrons. The number of benzene rings is 2. The normalized spacial score (nSPS) is 14.0. The van der Waals surface area contributed by atoms with Crippen LogP contribution in [0.2, 0.25) is 0 Å². The van der Waals surface area contributed by atoms with Crippen molar-refractivity contribution < 1.29 is 18.3 Å². The highest BCUT2D eigenvalue weighted by Gasteiger charge is 2.34. The predicted molar refractivity (Wildman–Crippen MR) is 74.3 cm³/mol. The van der Waals surface area contributed by atoms with Gasteiger partial charge in [0.2, 0.25) is 0 Å². The molecule has 2 aromatic carbocycles. The lowest BCUT2D eigenvalue weighted by atomic mass is 9.76. The molecule has 0 aliphatic heterocycles. The van der Waals surface area contributed by atoms with Crippen LogP contribution in [0.3, 0.4) is 0 Å². The van der Waals surface area contributed by atoms with Gasteiger partial charge in [-0.05, 0) is 41.8 Å². The van der Waals surface area contributed by atoms with Crippen molar-refractivity contribution >= 4 is 0 Å². The Kier molecular flexibility index (Phi) is 4.65. The number of aliphatic hydroxyl groups excluding tert-OH is 1. The van der Waals surface area contributed by atoms with E-state index in [-0.39, 0.29) is 24.1 Å². The Morgan fingerprint density at radius 3 is 2.33 bits per heavy atom. The van der Waals surface area contributed by atoms with Gasteiger partial charge >= 0.3 is 0 Å². The van der Waals surface area contributed by atoms with Crippen LogP contribution in [-0.2, 0) is 11.8 Å². The standard InChI is InChI=1S/C16H16F3NO/c17-12-5-6-14(18)11(7-12)8-16(9-20,10-21)13-3-1-2-4-15(13)19/h1-7,21H,8-10,20H2. The van der Waals surface area contributed by atoms with Crippen LogP contribution in [0.25, 0.3) is 0 Å². The molecule has 112 valence electrons. The van der Waals surface area contributed by atoms with Crippen LogP contribution in [0.1, 0.15) is 11.1 Å². The molecule has 5 heteroatoms. The SMILES string of the molecule is NCC(CO)(Cc1cc(F)ccc1F)c1ccccc1F. The van der Waals surface area contributed by atoms with Crippen LogP contribution in [0.4, 0.5) is 13.2 Å². The third kappa shape index (κ3) is 3.09. The number of hydrogen-bond donors (Lipinski definition) is 2. The molecule has 21 heavy (non-hydrogen) atoms. The van der Waals surface area contributed by atoms with Gasteiger partial charge in [-0.2, -0.15) is 0 Å². The summed E-state index contributed by atoms with van der Waals surface area (Å²) in [5.41, 5.74) is 4.76. The van der Waals surface area contributed by atoms with Crippen molar-refractivity contribution in [2.45, 2.75) is 11.8 Å². The summed E-state index contributed by atoms with van der Waals surface area (Å²) in [4.78, 5) is 0. The van der Waals surface area contributed by atoms with E-state index in [2.05, 4.69) is 0 Å². The highest BCUT2D eigenvalue weighted by Crippen LogP contribution is 2.30. The molecule has 0 aliphatic rings. The van der Waals surface area contributed by atoms with Crippen molar-refractivity contribution in [1.29, 1.82) is 0 Å². The summed E-state index contributed by atoms with van der Waals surface area (Å²) in [6.45, 7) is -0.569. The number of nitrogens with two attached hydrogens (primary N) is 1. The molecule has 0 fully saturated rings. The van der Waals surface area contributed by atoms with Gasteiger partial charge in [0.25, 0.3) is 0 Å². The third-order valence-electron chi connectivity index (χ3n) is 3.68. The highest BCUT2D eigenvalue weighted by atomic mass is 19.1. The lowest BCUT2D eigenvalue weighted by Gasteiger charge is -2.31. The van der Waals surface area contributed by atoms with Gasteiger partial charge in [0, 0.05) is 12.0 Å². The average Bonchev–Trinajstić information content (AvgIpc) is 2.49. The number of aliphatic hydroxyl groups is 1. The van der Waals surface area contributed by atoms with E-state index in [0.29, 0.717) is 0 Å². The van der Waals surface area contributed by atoms with Crippen LogP contribution in [0, 0.1) is 17.5 Å². The van der Waals surface area contributed by atoms with Gasteiger partial charge in [-0.15, -0.1) is 0 Å². The smallest absolute Gasteiger partial charge is 0.127 e. The number of halogens is 3. The lowest BCUT2D eigenvalue weighted by molar-refractivity contribution is 0.191. The van der Waals surface area contributed by atoms with Crippen LogP contribution in [0.5, 0.6) is 0 Å². The lowest BCUT2D eigenvalue weighted by Crippen LogP contribution is -2.42. The summed E-state index contributed by atoms with van der Waals surface area (Å²) in [5.74, 6) is -1.74. The fraction of sp³-hybridized carbons (Fsp3) is 0.250. The molecule has 1 atom stereocenters. The molecule has 3 N–H and O–H groups in total. The van der Waals surface area contributed by atoms with Crippen molar-refractivity contribution in [3.8, 4) is 0 Å². The first kappa shape index (κ1) is 15.5. The molecule has 0 heterocycles. The van der Waals surface area contributed by atoms with Gasteiger partial charge < -0.3 is 10.8 Å². The van der Waals surface area contributed by atoms with Crippen molar-refractivity contribution in [2.24, 2.45) is 5.73 Å².